The van der Waals surface area contributed by atoms with Gasteiger partial charge in [0.25, 0.3) is 0 Å². The van der Waals surface area contributed by atoms with Gasteiger partial charge in [-0.15, -0.1) is 0 Å². The van der Waals surface area contributed by atoms with Gasteiger partial charge in [-0.2, -0.15) is 0 Å². The van der Waals surface area contributed by atoms with Crippen molar-refractivity contribution in [1.82, 2.24) is 0 Å². The van der Waals surface area contributed by atoms with E-state index in [2.05, 4.69) is 91.8 Å². The summed E-state index contributed by atoms with van der Waals surface area (Å²) in [5, 5.41) is 0. The smallest absolute Gasteiger partial charge is 1.00 e. The Kier molecular flexibility index (Phi) is 8.01. The first-order valence-corrected chi connectivity index (χ1v) is 15.0. The zero-order valence-electron chi connectivity index (χ0n) is 21.2. The van der Waals surface area contributed by atoms with Crippen molar-refractivity contribution in [2.45, 2.75) is 74.5 Å². The molecule has 174 valence electrons. The van der Waals surface area contributed by atoms with Gasteiger partial charge in [0.2, 0.25) is 0 Å². The van der Waals surface area contributed by atoms with Crippen LogP contribution in [0, 0.1) is 11.8 Å². The maximum Gasteiger partial charge on any atom is -1.00 e. The van der Waals surface area contributed by atoms with Crippen LogP contribution in [0.3, 0.4) is 0 Å². The normalized spacial score (nSPS) is 24.8. The number of benzene rings is 2. The number of rotatable bonds is 2. The Morgan fingerprint density at radius 3 is 1.33 bits per heavy atom. The van der Waals surface area contributed by atoms with E-state index in [0.29, 0.717) is 23.7 Å². The summed E-state index contributed by atoms with van der Waals surface area (Å²) < 4.78 is 1.44. The zero-order chi connectivity index (χ0) is 22.2. The summed E-state index contributed by atoms with van der Waals surface area (Å²) in [5.74, 6) is 2.26. The number of hydrogen-bond acceptors (Lipinski definition) is 0. The first kappa shape index (κ1) is 27.0. The van der Waals surface area contributed by atoms with Crippen LogP contribution >= 0.6 is 0 Å². The van der Waals surface area contributed by atoms with Crippen molar-refractivity contribution in [3.8, 4) is 0 Å². The summed E-state index contributed by atoms with van der Waals surface area (Å²) in [5.41, 5.74) is 16.6. The first-order valence-electron chi connectivity index (χ1n) is 12.2. The molecule has 0 fully saturated rings. The van der Waals surface area contributed by atoms with Gasteiger partial charge in [0, 0.05) is 0 Å². The quantitative estimate of drug-likeness (QED) is 0.532. The maximum atomic E-state index is 2.52. The minimum absolute atomic E-state index is 0. The summed E-state index contributed by atoms with van der Waals surface area (Å²) in [6.07, 6.45) is 0. The fourth-order valence-corrected chi connectivity index (χ4v) is 11.6. The summed E-state index contributed by atoms with van der Waals surface area (Å²) >= 11 is -0.779. The summed E-state index contributed by atoms with van der Waals surface area (Å²) in [7, 11) is 0. The molecule has 0 saturated carbocycles. The molecule has 1 heterocycles. The van der Waals surface area contributed by atoms with Crippen molar-refractivity contribution >= 4 is 11.1 Å². The number of hydrogen-bond donors (Lipinski definition) is 0. The Bertz CT molecular complexity index is 1050. The summed E-state index contributed by atoms with van der Waals surface area (Å²) in [6.45, 7) is 19.5. The van der Waals surface area contributed by atoms with E-state index in [1.807, 2.05) is 0 Å². The minimum atomic E-state index is -0.779. The molecular weight excluding hydrogens is 522 g/mol. The monoisotopic (exact) mass is 556 g/mol. The molecule has 0 amide bonds. The van der Waals surface area contributed by atoms with Gasteiger partial charge in [-0.1, -0.05) is 0 Å². The van der Waals surface area contributed by atoms with Crippen LogP contribution < -0.4 is 24.8 Å². The fraction of sp³-hybridized carbons (Fsp3) is 0.467. The molecule has 1 aliphatic heterocycles. The van der Waals surface area contributed by atoms with Crippen LogP contribution in [0.1, 0.15) is 108 Å². The van der Waals surface area contributed by atoms with E-state index in [-0.39, 0.29) is 24.8 Å². The molecule has 3 aliphatic rings. The van der Waals surface area contributed by atoms with E-state index in [1.165, 1.54) is 0 Å². The predicted molar refractivity (Wildman–Crippen MR) is 130 cm³/mol. The van der Waals surface area contributed by atoms with E-state index in [4.69, 9.17) is 0 Å². The zero-order valence-corrected chi connectivity index (χ0v) is 25.2. The Morgan fingerprint density at radius 2 is 1.00 bits per heavy atom. The molecule has 5 rings (SSSR count). The molecule has 2 aliphatic carbocycles. The largest absolute Gasteiger partial charge is 1.00 e. The third kappa shape index (κ3) is 3.90. The molecule has 0 N–H and O–H groups in total. The van der Waals surface area contributed by atoms with Crippen LogP contribution in [0.25, 0.3) is 11.1 Å². The Hall–Kier alpha value is -0.617. The second-order valence-corrected chi connectivity index (χ2v) is 14.4. The van der Waals surface area contributed by atoms with Gasteiger partial charge in [0.1, 0.15) is 0 Å². The number of halogens is 2. The maximum absolute atomic E-state index is 2.52. The van der Waals surface area contributed by atoms with Crippen molar-refractivity contribution in [2.75, 3.05) is 0 Å². The number of fused-ring (bicyclic) bond motifs is 8. The number of allylic oxidation sites excluding steroid dienone is 4. The van der Waals surface area contributed by atoms with Crippen LogP contribution in [0.2, 0.25) is 0 Å². The molecule has 0 aromatic heterocycles. The Labute approximate surface area is 225 Å². The molecule has 4 bridgehead atoms. The third-order valence-electron chi connectivity index (χ3n) is 8.37. The van der Waals surface area contributed by atoms with Gasteiger partial charge in [-0.3, -0.25) is 0 Å². The fourth-order valence-electron chi connectivity index (χ4n) is 6.68. The predicted octanol–water partition coefficient (Wildman–Crippen LogP) is 2.67. The first-order chi connectivity index (χ1) is 14.7. The molecule has 2 aromatic rings. The molecule has 3 heteroatoms. The molecule has 0 radical (unpaired) electrons. The molecule has 0 nitrogen and oxygen atoms in total. The van der Waals surface area contributed by atoms with Gasteiger partial charge in [0.15, 0.2) is 0 Å². The van der Waals surface area contributed by atoms with Gasteiger partial charge in [0.05, 0.1) is 0 Å². The summed E-state index contributed by atoms with van der Waals surface area (Å²) in [4.78, 5) is 0. The van der Waals surface area contributed by atoms with E-state index in [0.717, 1.165) is 7.25 Å². The van der Waals surface area contributed by atoms with Crippen LogP contribution in [-0.4, -0.2) is 0 Å². The van der Waals surface area contributed by atoms with Crippen LogP contribution in [0.4, 0.5) is 0 Å². The topological polar surface area (TPSA) is 0 Å². The standard InChI is InChI=1S/C30H36.2ClH.Zr/c1-17(2)25-13-9-11-23-15-19(5)27(29(23)25)21(7)22(8)28-20(6)16-24-12-10-14-26(18(3)4)30(24)28;;;/h9-18,21-22H,1-8H3;2*1H;/q;;;+2/p-2. The molecule has 4 unspecified atom stereocenters. The van der Waals surface area contributed by atoms with Gasteiger partial charge < -0.3 is 24.8 Å². The van der Waals surface area contributed by atoms with Crippen molar-refractivity contribution in [3.05, 3.63) is 80.9 Å². The van der Waals surface area contributed by atoms with Gasteiger partial charge >= 0.3 is 202 Å². The van der Waals surface area contributed by atoms with Gasteiger partial charge in [-0.25, -0.2) is 0 Å². The van der Waals surface area contributed by atoms with Crippen LogP contribution in [0.5, 0.6) is 0 Å². The summed E-state index contributed by atoms with van der Waals surface area (Å²) in [6, 6.07) is 14.4. The SMILES string of the molecule is CC1=C2c3c(C(C)C)cccc3[CH]1[Zr+2][CH]1C(C)=C(c3c(C(C)C)cccc31)C(C)C2C.[Cl-].[Cl-]. The van der Waals surface area contributed by atoms with Crippen molar-refractivity contribution in [1.29, 1.82) is 0 Å². The molecule has 4 atom stereocenters. The average molecular weight is 559 g/mol. The van der Waals surface area contributed by atoms with Crippen molar-refractivity contribution in [2.24, 2.45) is 11.8 Å². The van der Waals surface area contributed by atoms with Crippen molar-refractivity contribution in [3.63, 3.8) is 0 Å². The molecule has 0 saturated heterocycles. The molecular formula is C30H36Cl2Zr. The second kappa shape index (κ2) is 9.80. The average Bonchev–Trinajstić information content (AvgIpc) is 3.17. The van der Waals surface area contributed by atoms with E-state index < -0.39 is 23.2 Å². The Morgan fingerprint density at radius 1 is 0.636 bits per heavy atom. The van der Waals surface area contributed by atoms with Crippen LogP contribution in [0.15, 0.2) is 47.5 Å². The molecule has 2 aromatic carbocycles. The van der Waals surface area contributed by atoms with E-state index in [1.54, 1.807) is 55.7 Å². The molecule has 0 spiro atoms. The molecule has 33 heavy (non-hydrogen) atoms. The van der Waals surface area contributed by atoms with E-state index >= 15 is 0 Å². The van der Waals surface area contributed by atoms with Crippen LogP contribution in [-0.2, 0) is 23.2 Å². The second-order valence-electron chi connectivity index (χ2n) is 10.7. The Balaban J connectivity index is 0.00000153. The third-order valence-corrected chi connectivity index (χ3v) is 13.7. The minimum Gasteiger partial charge on any atom is -1.00 e. The van der Waals surface area contributed by atoms with E-state index in [9.17, 15) is 0 Å². The van der Waals surface area contributed by atoms with Gasteiger partial charge in [-0.05, 0) is 0 Å². The van der Waals surface area contributed by atoms with Crippen molar-refractivity contribution < 1.29 is 48.0 Å².